The van der Waals surface area contributed by atoms with Crippen LogP contribution in [0.1, 0.15) is 165 Å². The van der Waals surface area contributed by atoms with Crippen molar-refractivity contribution in [1.82, 2.24) is 0 Å². The Morgan fingerprint density at radius 3 is 2.13 bits per heavy atom. The van der Waals surface area contributed by atoms with Crippen molar-refractivity contribution in [3.05, 3.63) is 49.1 Å². The van der Waals surface area contributed by atoms with E-state index in [4.69, 9.17) is 0 Å². The average molecular weight is 541 g/mol. The maximum atomic E-state index is 4.64. The zero-order valence-corrected chi connectivity index (χ0v) is 28.3. The SMILES string of the molecule is C=CCCCC(=C)C(CC1CCCCC1)C1CC(CCC(CC=C)/C(C)=C\CCC(C)(C)CC)C1.CC.CC. The topological polar surface area (TPSA) is 0 Å². The van der Waals surface area contributed by atoms with E-state index in [-0.39, 0.29) is 0 Å². The van der Waals surface area contributed by atoms with Gasteiger partial charge in [0.25, 0.3) is 0 Å². The zero-order chi connectivity index (χ0) is 29.7. The van der Waals surface area contributed by atoms with E-state index in [1.807, 2.05) is 27.7 Å². The first kappa shape index (κ1) is 38.0. The number of hydrogen-bond acceptors (Lipinski definition) is 0. The molecular weight excluding hydrogens is 468 g/mol. The van der Waals surface area contributed by atoms with Crippen molar-refractivity contribution >= 4 is 0 Å². The third-order valence-electron chi connectivity index (χ3n) is 9.85. The van der Waals surface area contributed by atoms with Gasteiger partial charge in [-0.1, -0.05) is 123 Å². The van der Waals surface area contributed by atoms with Crippen molar-refractivity contribution in [3.8, 4) is 0 Å². The minimum absolute atomic E-state index is 0.468. The quantitative estimate of drug-likeness (QED) is 0.120. The highest BCUT2D eigenvalue weighted by Crippen LogP contribution is 2.48. The Kier molecular flexibility index (Phi) is 22.0. The molecule has 0 N–H and O–H groups in total. The van der Waals surface area contributed by atoms with E-state index in [9.17, 15) is 0 Å². The van der Waals surface area contributed by atoms with Gasteiger partial charge in [-0.3, -0.25) is 0 Å². The molecule has 2 rings (SSSR count). The molecule has 2 aliphatic carbocycles. The number of hydrogen-bond donors (Lipinski definition) is 0. The first-order valence-corrected chi connectivity index (χ1v) is 17.4. The molecule has 0 saturated heterocycles. The van der Waals surface area contributed by atoms with Gasteiger partial charge in [-0.25, -0.2) is 0 Å². The summed E-state index contributed by atoms with van der Waals surface area (Å²) in [5.41, 5.74) is 3.65. The second-order valence-corrected chi connectivity index (χ2v) is 13.1. The molecule has 228 valence electrons. The van der Waals surface area contributed by atoms with E-state index in [1.54, 1.807) is 11.1 Å². The van der Waals surface area contributed by atoms with Gasteiger partial charge in [-0.15, -0.1) is 13.2 Å². The lowest BCUT2D eigenvalue weighted by molar-refractivity contribution is 0.106. The van der Waals surface area contributed by atoms with Gasteiger partial charge in [-0.2, -0.15) is 0 Å². The van der Waals surface area contributed by atoms with Crippen molar-refractivity contribution in [2.45, 2.75) is 165 Å². The van der Waals surface area contributed by atoms with Crippen LogP contribution in [0.15, 0.2) is 49.1 Å². The number of allylic oxidation sites excluding steroid dienone is 5. The van der Waals surface area contributed by atoms with Crippen LogP contribution in [0.2, 0.25) is 0 Å². The van der Waals surface area contributed by atoms with Gasteiger partial charge in [-0.05, 0) is 113 Å². The number of rotatable bonds is 18. The summed E-state index contributed by atoms with van der Waals surface area (Å²) in [5, 5.41) is 0. The maximum Gasteiger partial charge on any atom is -0.0171 e. The molecule has 0 radical (unpaired) electrons. The van der Waals surface area contributed by atoms with Gasteiger partial charge < -0.3 is 0 Å². The molecule has 0 amide bonds. The van der Waals surface area contributed by atoms with Gasteiger partial charge in [0.2, 0.25) is 0 Å². The van der Waals surface area contributed by atoms with E-state index in [1.165, 1.54) is 96.3 Å². The summed E-state index contributed by atoms with van der Waals surface area (Å²) in [6.45, 7) is 30.1. The Morgan fingerprint density at radius 1 is 0.923 bits per heavy atom. The molecule has 2 atom stereocenters. The highest BCUT2D eigenvalue weighted by Gasteiger charge is 2.37. The van der Waals surface area contributed by atoms with Crippen molar-refractivity contribution in [2.24, 2.45) is 35.0 Å². The molecular formula is C39H72. The summed E-state index contributed by atoms with van der Waals surface area (Å²) >= 11 is 0. The van der Waals surface area contributed by atoms with E-state index in [2.05, 4.69) is 65.7 Å². The van der Waals surface area contributed by atoms with Crippen LogP contribution in [-0.4, -0.2) is 0 Å². The standard InChI is InChI=1S/C35H60.2C2H6/c1-8-11-13-18-29(5)34(27-30-20-14-12-15-21-30)33-25-31(26-33)22-23-32(17-9-2)28(4)19-16-24-35(6,7)10-3;2*1-2/h8-9,19,30-34H,1-2,5,10-18,20-27H2,3-4,6-7H3;2*1-2H3/b28-19-;;. The number of unbranched alkanes of at least 4 members (excludes halogenated alkanes) is 1. The molecule has 0 aromatic heterocycles. The second kappa shape index (κ2) is 22.6. The fraction of sp³-hybridized carbons (Fsp3) is 0.795. The van der Waals surface area contributed by atoms with Crippen molar-refractivity contribution in [2.75, 3.05) is 0 Å². The molecule has 0 aliphatic heterocycles. The summed E-state index contributed by atoms with van der Waals surface area (Å²) in [5.74, 6) is 4.29. The smallest absolute Gasteiger partial charge is 0.0171 e. The summed E-state index contributed by atoms with van der Waals surface area (Å²) < 4.78 is 0. The molecule has 2 unspecified atom stereocenters. The van der Waals surface area contributed by atoms with Crippen LogP contribution >= 0.6 is 0 Å². The summed E-state index contributed by atoms with van der Waals surface area (Å²) in [7, 11) is 0. The fourth-order valence-electron chi connectivity index (χ4n) is 6.69. The molecule has 0 heterocycles. The van der Waals surface area contributed by atoms with Crippen LogP contribution in [0.5, 0.6) is 0 Å². The predicted octanol–water partition coefficient (Wildman–Crippen LogP) is 13.7. The second-order valence-electron chi connectivity index (χ2n) is 13.1. The van der Waals surface area contributed by atoms with Gasteiger partial charge >= 0.3 is 0 Å². The molecule has 39 heavy (non-hydrogen) atoms. The highest BCUT2D eigenvalue weighted by atomic mass is 14.4. The van der Waals surface area contributed by atoms with E-state index < -0.39 is 0 Å². The largest absolute Gasteiger partial charge is 0.103 e. The average Bonchev–Trinajstić information content (AvgIpc) is 2.93. The molecule has 2 aliphatic rings. The van der Waals surface area contributed by atoms with Crippen molar-refractivity contribution in [3.63, 3.8) is 0 Å². The van der Waals surface area contributed by atoms with E-state index in [0.29, 0.717) is 11.3 Å². The van der Waals surface area contributed by atoms with Crippen LogP contribution in [0.25, 0.3) is 0 Å². The summed E-state index contributed by atoms with van der Waals surface area (Å²) in [6.07, 6.45) is 29.7. The third-order valence-corrected chi connectivity index (χ3v) is 9.85. The molecule has 0 aromatic rings. The Labute approximate surface area is 248 Å². The molecule has 0 nitrogen and oxygen atoms in total. The van der Waals surface area contributed by atoms with Crippen LogP contribution in [0.4, 0.5) is 0 Å². The lowest BCUT2D eigenvalue weighted by Gasteiger charge is -2.43. The first-order chi connectivity index (χ1) is 18.8. The van der Waals surface area contributed by atoms with Crippen molar-refractivity contribution in [1.29, 1.82) is 0 Å². The van der Waals surface area contributed by atoms with E-state index in [0.717, 1.165) is 36.5 Å². The van der Waals surface area contributed by atoms with Crippen LogP contribution in [-0.2, 0) is 0 Å². The third kappa shape index (κ3) is 15.5. The molecule has 2 saturated carbocycles. The Hall–Kier alpha value is -1.04. The van der Waals surface area contributed by atoms with Gasteiger partial charge in [0, 0.05) is 0 Å². The normalized spacial score (nSPS) is 21.3. The Morgan fingerprint density at radius 2 is 1.56 bits per heavy atom. The predicted molar refractivity (Wildman–Crippen MR) is 181 cm³/mol. The first-order valence-electron chi connectivity index (χ1n) is 17.4. The highest BCUT2D eigenvalue weighted by molar-refractivity contribution is 5.08. The molecule has 0 heteroatoms. The maximum absolute atomic E-state index is 4.64. The van der Waals surface area contributed by atoms with Gasteiger partial charge in [0.1, 0.15) is 0 Å². The molecule has 0 spiro atoms. The van der Waals surface area contributed by atoms with Crippen LogP contribution in [0.3, 0.4) is 0 Å². The minimum atomic E-state index is 0.468. The lowest BCUT2D eigenvalue weighted by atomic mass is 9.62. The Bertz CT molecular complexity index is 650. The lowest BCUT2D eigenvalue weighted by Crippen LogP contribution is -2.33. The fourth-order valence-corrected chi connectivity index (χ4v) is 6.69. The van der Waals surface area contributed by atoms with Gasteiger partial charge in [0.05, 0.1) is 0 Å². The molecule has 0 bridgehead atoms. The monoisotopic (exact) mass is 541 g/mol. The van der Waals surface area contributed by atoms with Crippen molar-refractivity contribution < 1.29 is 0 Å². The van der Waals surface area contributed by atoms with Crippen LogP contribution in [0, 0.1) is 35.0 Å². The zero-order valence-electron chi connectivity index (χ0n) is 28.3. The van der Waals surface area contributed by atoms with Crippen LogP contribution < -0.4 is 0 Å². The molecule has 0 aromatic carbocycles. The molecule has 2 fully saturated rings. The summed E-state index contributed by atoms with van der Waals surface area (Å²) in [6, 6.07) is 0. The Balaban J connectivity index is 0.00000344. The van der Waals surface area contributed by atoms with Gasteiger partial charge in [0.15, 0.2) is 0 Å². The van der Waals surface area contributed by atoms with E-state index >= 15 is 0 Å². The minimum Gasteiger partial charge on any atom is -0.103 e. The summed E-state index contributed by atoms with van der Waals surface area (Å²) in [4.78, 5) is 0.